The Morgan fingerprint density at radius 3 is 2.46 bits per heavy atom. The van der Waals surface area contributed by atoms with Gasteiger partial charge in [0.15, 0.2) is 0 Å². The summed E-state index contributed by atoms with van der Waals surface area (Å²) in [5, 5.41) is 2.43. The molecule has 0 aliphatic heterocycles. The van der Waals surface area contributed by atoms with Gasteiger partial charge in [0.05, 0.1) is 12.0 Å². The first kappa shape index (κ1) is 18.3. The Hall–Kier alpha value is -3.11. The predicted octanol–water partition coefficient (Wildman–Crippen LogP) is 4.85. The number of benzene rings is 3. The molecule has 4 aromatic rings. The minimum Gasteiger partial charge on any atom is -0.493 e. The van der Waals surface area contributed by atoms with Crippen molar-refractivity contribution in [2.45, 2.75) is 13.0 Å². The summed E-state index contributed by atoms with van der Waals surface area (Å²) >= 11 is 0. The maximum atomic E-state index is 12.2. The molecule has 4 rings (SSSR count). The van der Waals surface area contributed by atoms with E-state index >= 15 is 0 Å². The SMILES string of the molecule is CN(CCCOc1ccc2c(c1)oc(=O)c1ccccc12)Cc1ccccc1. The fourth-order valence-electron chi connectivity index (χ4n) is 3.45. The van der Waals surface area contributed by atoms with E-state index in [0.29, 0.717) is 17.6 Å². The van der Waals surface area contributed by atoms with Gasteiger partial charge in [-0.15, -0.1) is 0 Å². The lowest BCUT2D eigenvalue weighted by Gasteiger charge is -2.16. The number of hydrogen-bond acceptors (Lipinski definition) is 4. The second-order valence-electron chi connectivity index (χ2n) is 7.02. The van der Waals surface area contributed by atoms with Gasteiger partial charge in [-0.05, 0) is 42.6 Å². The molecule has 0 atom stereocenters. The molecule has 0 saturated carbocycles. The van der Waals surface area contributed by atoms with Crippen molar-refractivity contribution in [1.82, 2.24) is 4.90 Å². The quantitative estimate of drug-likeness (QED) is 0.264. The molecule has 4 nitrogen and oxygen atoms in total. The summed E-state index contributed by atoms with van der Waals surface area (Å²) in [6.07, 6.45) is 0.920. The highest BCUT2D eigenvalue weighted by Crippen LogP contribution is 2.26. The molecule has 142 valence electrons. The summed E-state index contributed by atoms with van der Waals surface area (Å²) in [5.74, 6) is 0.719. The van der Waals surface area contributed by atoms with Crippen molar-refractivity contribution in [2.75, 3.05) is 20.2 Å². The molecule has 0 radical (unpaired) electrons. The summed E-state index contributed by atoms with van der Waals surface area (Å²) in [6, 6.07) is 23.6. The van der Waals surface area contributed by atoms with Crippen LogP contribution in [-0.4, -0.2) is 25.1 Å². The molecule has 1 aromatic heterocycles. The van der Waals surface area contributed by atoms with Crippen LogP contribution in [0, 0.1) is 0 Å². The lowest BCUT2D eigenvalue weighted by atomic mass is 10.1. The topological polar surface area (TPSA) is 42.7 Å². The number of hydrogen-bond donors (Lipinski definition) is 0. The molecule has 28 heavy (non-hydrogen) atoms. The smallest absolute Gasteiger partial charge is 0.344 e. The van der Waals surface area contributed by atoms with Gasteiger partial charge in [-0.3, -0.25) is 0 Å². The first-order chi connectivity index (χ1) is 13.7. The first-order valence-electron chi connectivity index (χ1n) is 9.51. The Balaban J connectivity index is 1.37. The number of rotatable bonds is 7. The summed E-state index contributed by atoms with van der Waals surface area (Å²) in [7, 11) is 2.11. The van der Waals surface area contributed by atoms with Crippen molar-refractivity contribution in [3.8, 4) is 5.75 Å². The lowest BCUT2D eigenvalue weighted by Crippen LogP contribution is -2.20. The van der Waals surface area contributed by atoms with Gasteiger partial charge >= 0.3 is 5.63 Å². The van der Waals surface area contributed by atoms with E-state index in [4.69, 9.17) is 9.15 Å². The van der Waals surface area contributed by atoms with E-state index in [9.17, 15) is 4.79 Å². The zero-order chi connectivity index (χ0) is 19.3. The fourth-order valence-corrected chi connectivity index (χ4v) is 3.45. The molecule has 0 aliphatic carbocycles. The van der Waals surface area contributed by atoms with Crippen LogP contribution in [0.1, 0.15) is 12.0 Å². The van der Waals surface area contributed by atoms with Crippen LogP contribution >= 0.6 is 0 Å². The van der Waals surface area contributed by atoms with Crippen molar-refractivity contribution in [3.05, 3.63) is 88.8 Å². The molecule has 0 fully saturated rings. The first-order valence-corrected chi connectivity index (χ1v) is 9.51. The zero-order valence-electron chi connectivity index (χ0n) is 15.9. The van der Waals surface area contributed by atoms with E-state index in [0.717, 1.165) is 36.0 Å². The largest absolute Gasteiger partial charge is 0.493 e. The number of ether oxygens (including phenoxy) is 1. The lowest BCUT2D eigenvalue weighted by molar-refractivity contribution is 0.259. The third-order valence-electron chi connectivity index (χ3n) is 4.84. The van der Waals surface area contributed by atoms with Gasteiger partial charge in [-0.2, -0.15) is 0 Å². The van der Waals surface area contributed by atoms with Gasteiger partial charge in [-0.25, -0.2) is 4.79 Å². The van der Waals surface area contributed by atoms with Gasteiger partial charge in [0.2, 0.25) is 0 Å². The Labute approximate surface area is 164 Å². The van der Waals surface area contributed by atoms with E-state index in [2.05, 4.69) is 36.2 Å². The van der Waals surface area contributed by atoms with E-state index in [1.807, 2.05) is 36.4 Å². The molecule has 0 unspecified atom stereocenters. The Morgan fingerprint density at radius 1 is 0.893 bits per heavy atom. The molecule has 0 bridgehead atoms. The summed E-state index contributed by atoms with van der Waals surface area (Å²) in [4.78, 5) is 14.5. The molecule has 0 aliphatic rings. The maximum Gasteiger partial charge on any atom is 0.344 e. The van der Waals surface area contributed by atoms with Crippen molar-refractivity contribution < 1.29 is 9.15 Å². The summed E-state index contributed by atoms with van der Waals surface area (Å²) in [6.45, 7) is 2.49. The summed E-state index contributed by atoms with van der Waals surface area (Å²) < 4.78 is 11.4. The third-order valence-corrected chi connectivity index (χ3v) is 4.84. The van der Waals surface area contributed by atoms with Gasteiger partial charge < -0.3 is 14.1 Å². The van der Waals surface area contributed by atoms with E-state index in [1.54, 1.807) is 12.1 Å². The molecule has 0 N–H and O–H groups in total. The Morgan fingerprint density at radius 2 is 1.64 bits per heavy atom. The predicted molar refractivity (Wildman–Crippen MR) is 113 cm³/mol. The van der Waals surface area contributed by atoms with Crippen molar-refractivity contribution in [3.63, 3.8) is 0 Å². The molecule has 3 aromatic carbocycles. The second kappa shape index (κ2) is 8.28. The van der Waals surface area contributed by atoms with Gasteiger partial charge in [0.25, 0.3) is 0 Å². The average molecular weight is 373 g/mol. The van der Waals surface area contributed by atoms with Crippen LogP contribution in [0.15, 0.2) is 82.0 Å². The standard InChI is InChI=1S/C24H23NO3/c1-25(17-18-8-3-2-4-9-18)14-7-15-27-19-12-13-21-20-10-5-6-11-22(20)24(26)28-23(21)16-19/h2-6,8-13,16H,7,14-15,17H2,1H3. The highest BCUT2D eigenvalue weighted by Gasteiger charge is 2.08. The van der Waals surface area contributed by atoms with Crippen LogP contribution in [-0.2, 0) is 6.54 Å². The van der Waals surface area contributed by atoms with Gasteiger partial charge in [0.1, 0.15) is 11.3 Å². The normalized spacial score (nSPS) is 11.4. The minimum absolute atomic E-state index is 0.317. The third kappa shape index (κ3) is 4.07. The number of nitrogens with zero attached hydrogens (tertiary/aromatic N) is 1. The van der Waals surface area contributed by atoms with Crippen molar-refractivity contribution in [2.24, 2.45) is 0 Å². The van der Waals surface area contributed by atoms with Crippen LogP contribution in [0.25, 0.3) is 21.7 Å². The van der Waals surface area contributed by atoms with E-state index in [1.165, 1.54) is 5.56 Å². The van der Waals surface area contributed by atoms with Crippen LogP contribution in [0.2, 0.25) is 0 Å². The van der Waals surface area contributed by atoms with E-state index < -0.39 is 0 Å². The molecule has 0 spiro atoms. The van der Waals surface area contributed by atoms with E-state index in [-0.39, 0.29) is 5.63 Å². The molecular weight excluding hydrogens is 350 g/mol. The highest BCUT2D eigenvalue weighted by atomic mass is 16.5. The Kier molecular flexibility index (Phi) is 5.40. The average Bonchev–Trinajstić information content (AvgIpc) is 2.72. The minimum atomic E-state index is -0.317. The maximum absolute atomic E-state index is 12.2. The van der Waals surface area contributed by atoms with Crippen LogP contribution in [0.3, 0.4) is 0 Å². The molecular formula is C24H23NO3. The number of fused-ring (bicyclic) bond motifs is 3. The van der Waals surface area contributed by atoms with Gasteiger partial charge in [-0.1, -0.05) is 48.5 Å². The van der Waals surface area contributed by atoms with Crippen LogP contribution in [0.5, 0.6) is 5.75 Å². The van der Waals surface area contributed by atoms with Crippen molar-refractivity contribution >= 4 is 21.7 Å². The summed E-state index contributed by atoms with van der Waals surface area (Å²) in [5.41, 5.74) is 1.55. The fraction of sp³-hybridized carbons (Fsp3) is 0.208. The second-order valence-corrected chi connectivity index (χ2v) is 7.02. The molecule has 0 amide bonds. The monoisotopic (exact) mass is 373 g/mol. The van der Waals surface area contributed by atoms with Crippen molar-refractivity contribution in [1.29, 1.82) is 0 Å². The van der Waals surface area contributed by atoms with Gasteiger partial charge in [0, 0.05) is 24.5 Å². The van der Waals surface area contributed by atoms with Crippen LogP contribution in [0.4, 0.5) is 0 Å². The molecule has 4 heteroatoms. The Bertz CT molecular complexity index is 1130. The highest BCUT2D eigenvalue weighted by molar-refractivity contribution is 6.04. The zero-order valence-corrected chi connectivity index (χ0v) is 15.9. The molecule has 1 heterocycles. The van der Waals surface area contributed by atoms with Crippen LogP contribution < -0.4 is 10.4 Å². The molecule has 0 saturated heterocycles.